The lowest BCUT2D eigenvalue weighted by Crippen LogP contribution is -2.36. The molecule has 6 heterocycles. The van der Waals surface area contributed by atoms with Crippen LogP contribution in [0.5, 0.6) is 0 Å². The Morgan fingerprint density at radius 1 is 0.758 bits per heavy atom. The molecule has 18 N–H and O–H groups in total. The van der Waals surface area contributed by atoms with Crippen molar-refractivity contribution in [2.45, 2.75) is 109 Å². The highest BCUT2D eigenvalue weighted by Crippen LogP contribution is 2.57. The predicted molar refractivity (Wildman–Crippen MR) is 344 cm³/mol. The van der Waals surface area contributed by atoms with Crippen molar-refractivity contribution in [3.05, 3.63) is 93.0 Å². The summed E-state index contributed by atoms with van der Waals surface area (Å²) in [5, 5.41) is 44.2. The number of benzene rings is 2. The summed E-state index contributed by atoms with van der Waals surface area (Å²) < 4.78 is 119. The summed E-state index contributed by atoms with van der Waals surface area (Å²) in [6.45, 7) is 4.18. The lowest BCUT2D eigenvalue weighted by Gasteiger charge is -2.24. The number of rotatable bonds is 28. The van der Waals surface area contributed by atoms with Crippen molar-refractivity contribution in [1.82, 2.24) is 44.4 Å². The molecule has 2 aromatic carbocycles. The number of aromatic nitrogens is 8. The number of alkyl carbamates (subject to hydrolysis) is 1. The van der Waals surface area contributed by atoms with Crippen LogP contribution in [0.15, 0.2) is 70.8 Å². The molecule has 14 atom stereocenters. The van der Waals surface area contributed by atoms with E-state index < -0.39 is 162 Å². The Hall–Kier alpha value is -6.34. The largest absolute Gasteiger partial charge is 0.697 e. The van der Waals surface area contributed by atoms with E-state index in [-0.39, 0.29) is 79.9 Å². The number of hydrogen-bond donors (Lipinski definition) is 16. The summed E-state index contributed by atoms with van der Waals surface area (Å²) in [7, 11) is -27.4. The second kappa shape index (κ2) is 34.6. The monoisotopic (exact) mass is 1520 g/mol. The van der Waals surface area contributed by atoms with Crippen molar-refractivity contribution in [3.63, 3.8) is 0 Å². The smallest absolute Gasteiger partial charge is 0.449 e. The summed E-state index contributed by atoms with van der Waals surface area (Å²) >= 11 is 0. The maximum Gasteiger partial charge on any atom is 0.697 e. The number of fused-ring (bicyclic) bond motifs is 5. The molecule has 2 amide bonds. The van der Waals surface area contributed by atoms with E-state index in [1.807, 2.05) is 24.3 Å². The molecule has 2 saturated heterocycles. The Kier molecular flexibility index (Phi) is 28.5. The first-order valence-electron chi connectivity index (χ1n) is 28.8. The molecule has 0 radical (unpaired) electrons. The first-order valence-corrected chi connectivity index (χ1v) is 38.5. The molecule has 0 saturated carbocycles. The number of nitrogen functional groups attached to an aromatic ring is 1. The summed E-state index contributed by atoms with van der Waals surface area (Å²) in [6, 6.07) is 17.2. The van der Waals surface area contributed by atoms with Gasteiger partial charge in [0.05, 0.1) is 57.6 Å². The Bertz CT molecular complexity index is 4210. The molecular formula is C51H74N13O29P6+. The van der Waals surface area contributed by atoms with Crippen molar-refractivity contribution in [3.8, 4) is 17.2 Å². The number of nitriles is 1. The van der Waals surface area contributed by atoms with Crippen molar-refractivity contribution >= 4 is 92.7 Å². The second-order valence-electron chi connectivity index (χ2n) is 22.1. The fourth-order valence-electron chi connectivity index (χ4n) is 9.45. The molecule has 42 nitrogen and oxygen atoms in total. The normalized spacial score (nSPS) is 22.4. The molecule has 0 spiro atoms. The number of nitrogens with two attached hydrogens (primary N) is 2. The number of imidazole rings is 2. The van der Waals surface area contributed by atoms with Gasteiger partial charge >= 0.3 is 52.6 Å². The molecule has 14 unspecified atom stereocenters. The van der Waals surface area contributed by atoms with E-state index in [2.05, 4.69) is 64.8 Å². The van der Waals surface area contributed by atoms with Gasteiger partial charge in [-0.1, -0.05) is 69.8 Å². The SMILES string of the molecule is C.CC(C)C(=O)Nc1nc2c(ncn2C2OC(COP(=O)(O)CP(=O)(O)O)C(O)C2O[P+](=O)OCCC#N)c(=O)[nH]1.CC(CO)NC(=O)OCC1c2ccccc2-c2ccccc21.CC(N)COP(=O)(O)OC1C(O)C(COP(=O)(O)CP(=O)(O)O)OC1n1cnc2c(=O)[nH]c(N)nc21. The number of nitrogens with zero attached hydrogens (tertiary/aromatic N) is 7. The third kappa shape index (κ3) is 22.6. The van der Waals surface area contributed by atoms with Crippen LogP contribution in [0.3, 0.4) is 0 Å². The number of hydrogen-bond acceptors (Lipinski definition) is 29. The lowest BCUT2D eigenvalue weighted by atomic mass is 9.98. The van der Waals surface area contributed by atoms with Gasteiger partial charge in [0.15, 0.2) is 52.7 Å². The zero-order chi connectivity index (χ0) is 72.4. The average Bonchev–Trinajstić information content (AvgIpc) is 1.63. The molecule has 6 aromatic rings. The topological polar surface area (TPSA) is 649 Å². The van der Waals surface area contributed by atoms with Crippen LogP contribution in [0.25, 0.3) is 33.5 Å². The highest BCUT2D eigenvalue weighted by molar-refractivity contribution is 7.70. The maximum absolute atomic E-state index is 12.6. The number of phosphoric ester groups is 1. The molecule has 48 heteroatoms. The Morgan fingerprint density at radius 2 is 1.25 bits per heavy atom. The van der Waals surface area contributed by atoms with Crippen LogP contribution in [-0.2, 0) is 73.5 Å². The van der Waals surface area contributed by atoms with Crippen molar-refractivity contribution < 1.29 is 128 Å². The van der Waals surface area contributed by atoms with Crippen molar-refractivity contribution in [2.75, 3.05) is 62.5 Å². The van der Waals surface area contributed by atoms with Gasteiger partial charge in [-0.2, -0.15) is 15.2 Å². The first kappa shape index (κ1) is 81.6. The standard InChI is InChI=1S/C18H25N6O13P3.C18H19NO3.C14H25N6O13P3.CH4/c1-9(2)15(26)22-18-21-14-11(16(27)23-18)20-7-24(14)17-13(37-38(28)34-5-3-4-19)12(25)10(36-17)6-35-40(32,33)8-39(29,30)31;1-12(10-20)19-18(21)22-11-17-15-8-4-2-6-13(15)14-7-3-5-9-16(14)17;1-6(15)2-31-36(28,29)33-10-9(21)7(3-30-35(26,27)5-34(23,24)25)32-13(10)20-4-17-8-11(20)18-14(16)19-12(8)22;/h7,9-10,12-13,17,25H,3,5-6,8H2,1-2H3,(H4-,21,22,23,26,27,29,30,31,32,33);2-9,12,17,20H,10-11H2,1H3,(H,19,21);4,6-7,9-10,13,21H,2-3,5,15H2,1H3,(H,26,27)(H,28,29)(H2,23,24,25)(H3,16,18,19,22);1H4/p+1. The van der Waals surface area contributed by atoms with Gasteiger partial charge in [0.1, 0.15) is 43.7 Å². The molecule has 9 rings (SSSR count). The molecular weight excluding hydrogens is 1440 g/mol. The lowest BCUT2D eigenvalue weighted by molar-refractivity contribution is -0.119. The van der Waals surface area contributed by atoms with E-state index in [1.54, 1.807) is 26.8 Å². The van der Waals surface area contributed by atoms with E-state index in [0.29, 0.717) is 0 Å². The van der Waals surface area contributed by atoms with Crippen LogP contribution in [0.4, 0.5) is 16.7 Å². The number of H-pyrrole nitrogens is 2. The highest BCUT2D eigenvalue weighted by Gasteiger charge is 2.53. The molecule has 2 fully saturated rings. The van der Waals surface area contributed by atoms with Crippen LogP contribution < -0.4 is 33.2 Å². The number of anilines is 2. The summed E-state index contributed by atoms with van der Waals surface area (Å²) in [4.78, 5) is 134. The predicted octanol–water partition coefficient (Wildman–Crippen LogP) is 1.97. The van der Waals surface area contributed by atoms with E-state index in [0.717, 1.165) is 21.8 Å². The summed E-state index contributed by atoms with van der Waals surface area (Å²) in [5.74, 6) is -4.40. The Morgan fingerprint density at radius 3 is 1.75 bits per heavy atom. The molecule has 3 aliphatic rings. The third-order valence-electron chi connectivity index (χ3n) is 13.8. The van der Waals surface area contributed by atoms with E-state index in [9.17, 15) is 71.5 Å². The first-order chi connectivity index (χ1) is 45.8. The van der Waals surface area contributed by atoms with Gasteiger partial charge in [-0.05, 0) is 36.1 Å². The van der Waals surface area contributed by atoms with Gasteiger partial charge in [-0.3, -0.25) is 66.1 Å². The fraction of sp³-hybridized carbons (Fsp3) is 0.510. The average molecular weight is 1520 g/mol. The highest BCUT2D eigenvalue weighted by atomic mass is 31.2. The van der Waals surface area contributed by atoms with Crippen LogP contribution in [0.2, 0.25) is 0 Å². The zero-order valence-corrected chi connectivity index (χ0v) is 57.1. The van der Waals surface area contributed by atoms with Crippen LogP contribution in [-0.4, -0.2) is 201 Å². The van der Waals surface area contributed by atoms with Crippen molar-refractivity contribution in [1.29, 1.82) is 5.26 Å². The van der Waals surface area contributed by atoms with Gasteiger partial charge in [-0.25, -0.2) is 19.3 Å². The number of carbonyl (C=O) groups is 2. The second-order valence-corrected chi connectivity index (χ2v) is 32.5. The minimum Gasteiger partial charge on any atom is -0.449 e. The third-order valence-corrected chi connectivity index (χ3v) is 22.5. The number of aliphatic hydroxyl groups excluding tert-OH is 3. The molecule has 2 aliphatic heterocycles. The van der Waals surface area contributed by atoms with E-state index in [1.165, 1.54) is 29.2 Å². The maximum atomic E-state index is 12.6. The number of carbonyl (C=O) groups excluding carboxylic acids is 2. The number of aliphatic hydroxyl groups is 3. The van der Waals surface area contributed by atoms with Gasteiger partial charge in [0.25, 0.3) is 11.1 Å². The molecule has 4 aromatic heterocycles. The minimum absolute atomic E-state index is 0. The van der Waals surface area contributed by atoms with E-state index >= 15 is 0 Å². The Balaban J connectivity index is 0.000000242. The number of nitrogens with one attached hydrogen (secondary N) is 4. The number of aromatic amines is 2. The van der Waals surface area contributed by atoms with E-state index in [4.69, 9.17) is 82.8 Å². The summed E-state index contributed by atoms with van der Waals surface area (Å²) in [5.41, 5.74) is 13.6. The van der Waals surface area contributed by atoms with Gasteiger partial charge in [-0.15, -0.1) is 9.05 Å². The molecule has 546 valence electrons. The Labute approximate surface area is 561 Å². The quantitative estimate of drug-likeness (QED) is 0.0247. The van der Waals surface area contributed by atoms with Gasteiger partial charge in [0.2, 0.25) is 17.8 Å². The van der Waals surface area contributed by atoms with Crippen LogP contribution >= 0.6 is 46.5 Å². The van der Waals surface area contributed by atoms with Crippen molar-refractivity contribution in [2.24, 2.45) is 11.7 Å². The molecule has 99 heavy (non-hydrogen) atoms. The fourth-order valence-corrected chi connectivity index (χ4v) is 16.3. The van der Waals surface area contributed by atoms with Crippen LogP contribution in [0, 0.1) is 17.2 Å². The number of phosphoric acid groups is 1. The van der Waals surface area contributed by atoms with Gasteiger partial charge in [0, 0.05) is 22.4 Å². The number of amides is 2. The zero-order valence-electron chi connectivity index (χ0n) is 51.8. The van der Waals surface area contributed by atoms with Gasteiger partial charge < -0.3 is 89.6 Å². The van der Waals surface area contributed by atoms with Crippen LogP contribution in [0.1, 0.15) is 71.0 Å². The minimum atomic E-state index is -4.94. The summed E-state index contributed by atoms with van der Waals surface area (Å²) in [6.07, 6.45) is -11.4. The number of ether oxygens (including phenoxy) is 3. The molecule has 1 aliphatic carbocycles. The molecule has 0 bridgehead atoms.